The first-order chi connectivity index (χ1) is 16.8. The number of hydrogen-bond donors (Lipinski definition) is 2. The molecule has 6 nitrogen and oxygen atoms in total. The number of aryl methyl sites for hydroxylation is 1. The summed E-state index contributed by atoms with van der Waals surface area (Å²) >= 11 is 3.01. The minimum absolute atomic E-state index is 0.0120. The number of ketones is 1. The van der Waals surface area contributed by atoms with Crippen molar-refractivity contribution in [1.29, 1.82) is 0 Å². The van der Waals surface area contributed by atoms with Crippen molar-refractivity contribution in [3.63, 3.8) is 0 Å². The molecule has 2 N–H and O–H groups in total. The first kappa shape index (κ1) is 26.7. The second kappa shape index (κ2) is 13.2. The van der Waals surface area contributed by atoms with Crippen LogP contribution in [0.2, 0.25) is 0 Å². The number of thioether (sulfide) groups is 1. The predicted molar refractivity (Wildman–Crippen MR) is 145 cm³/mol. The Labute approximate surface area is 215 Å². The Balaban J connectivity index is 1.39. The van der Waals surface area contributed by atoms with Crippen LogP contribution in [0.1, 0.15) is 38.2 Å². The smallest absolute Gasteiger partial charge is 0.261 e. The molecule has 0 spiro atoms. The van der Waals surface area contributed by atoms with Gasteiger partial charge in [0.25, 0.3) is 5.91 Å². The molecule has 0 aliphatic heterocycles. The van der Waals surface area contributed by atoms with E-state index in [4.69, 9.17) is 0 Å². The zero-order valence-corrected chi connectivity index (χ0v) is 21.9. The van der Waals surface area contributed by atoms with Crippen LogP contribution in [0.25, 0.3) is 0 Å². The van der Waals surface area contributed by atoms with Crippen molar-refractivity contribution in [2.75, 3.05) is 24.7 Å². The minimum Gasteiger partial charge on any atom is -0.344 e. The number of carbonyl (C=O) groups is 3. The molecule has 0 bridgehead atoms. The summed E-state index contributed by atoms with van der Waals surface area (Å²) in [6.07, 6.45) is 0. The number of rotatable bonds is 12. The Morgan fingerprint density at radius 1 is 0.971 bits per heavy atom. The average molecular weight is 510 g/mol. The second-order valence-electron chi connectivity index (χ2n) is 8.46. The van der Waals surface area contributed by atoms with E-state index in [-0.39, 0.29) is 24.1 Å². The van der Waals surface area contributed by atoms with E-state index < -0.39 is 0 Å². The van der Waals surface area contributed by atoms with Crippen molar-refractivity contribution in [1.82, 2.24) is 10.2 Å². The molecule has 1 aromatic heterocycles. The van der Waals surface area contributed by atoms with Gasteiger partial charge in [-0.1, -0.05) is 36.4 Å². The van der Waals surface area contributed by atoms with Crippen molar-refractivity contribution in [3.8, 4) is 0 Å². The second-order valence-corrected chi connectivity index (χ2v) is 10.6. The van der Waals surface area contributed by atoms with Crippen molar-refractivity contribution in [3.05, 3.63) is 87.1 Å². The maximum Gasteiger partial charge on any atom is 0.261 e. The molecular weight excluding hydrogens is 478 g/mol. The largest absolute Gasteiger partial charge is 0.344 e. The normalized spacial score (nSPS) is 10.9. The third kappa shape index (κ3) is 8.98. The maximum atomic E-state index is 12.5. The predicted octanol–water partition coefficient (Wildman–Crippen LogP) is 4.88. The standard InChI is InChI=1S/C27H31N3O3S2/c1-19-6-4-5-7-22(19)17-34-18-24(32)14-28-27(33)26-13-12-25(35-26)16-30(3)15-21-8-10-23(11-9-21)29-20(2)31/h4-13H,14-18H2,1-3H3,(H,28,33)(H,29,31). The number of hydrogen-bond acceptors (Lipinski definition) is 6. The summed E-state index contributed by atoms with van der Waals surface area (Å²) in [5.74, 6) is 0.871. The molecule has 184 valence electrons. The molecular formula is C27H31N3O3S2. The molecule has 2 aromatic carbocycles. The van der Waals surface area contributed by atoms with Gasteiger partial charge in [-0.25, -0.2) is 0 Å². The van der Waals surface area contributed by atoms with E-state index in [1.54, 1.807) is 11.8 Å². The fourth-order valence-electron chi connectivity index (χ4n) is 3.48. The summed E-state index contributed by atoms with van der Waals surface area (Å²) in [6.45, 7) is 5.05. The van der Waals surface area contributed by atoms with Gasteiger partial charge in [-0.15, -0.1) is 23.1 Å². The van der Waals surface area contributed by atoms with E-state index in [2.05, 4.69) is 34.6 Å². The van der Waals surface area contributed by atoms with E-state index in [1.165, 1.54) is 29.4 Å². The molecule has 0 atom stereocenters. The number of amides is 2. The quantitative estimate of drug-likeness (QED) is 0.364. The van der Waals surface area contributed by atoms with E-state index in [0.29, 0.717) is 17.2 Å². The van der Waals surface area contributed by atoms with Crippen LogP contribution in [0.5, 0.6) is 0 Å². The number of thiophene rings is 1. The van der Waals surface area contributed by atoms with E-state index >= 15 is 0 Å². The Kier molecular flexibility index (Phi) is 10.1. The number of Topliss-reactive ketones (excluding diaryl/α,β-unsaturated/α-hetero) is 1. The number of nitrogens with one attached hydrogen (secondary N) is 2. The maximum absolute atomic E-state index is 12.5. The van der Waals surface area contributed by atoms with Crippen LogP contribution < -0.4 is 10.6 Å². The van der Waals surface area contributed by atoms with Crippen LogP contribution in [0, 0.1) is 6.92 Å². The highest BCUT2D eigenvalue weighted by molar-refractivity contribution is 7.99. The number of carbonyl (C=O) groups excluding carboxylic acids is 3. The van der Waals surface area contributed by atoms with Crippen LogP contribution in [-0.2, 0) is 28.4 Å². The minimum atomic E-state index is -0.213. The summed E-state index contributed by atoms with van der Waals surface area (Å²) in [5, 5.41) is 5.51. The summed E-state index contributed by atoms with van der Waals surface area (Å²) in [7, 11) is 2.02. The van der Waals surface area contributed by atoms with Crippen molar-refractivity contribution in [2.45, 2.75) is 32.7 Å². The molecule has 0 saturated carbocycles. The molecule has 3 rings (SSSR count). The first-order valence-corrected chi connectivity index (χ1v) is 13.3. The highest BCUT2D eigenvalue weighted by Crippen LogP contribution is 2.20. The highest BCUT2D eigenvalue weighted by atomic mass is 32.2. The molecule has 35 heavy (non-hydrogen) atoms. The van der Waals surface area contributed by atoms with Crippen molar-refractivity contribution >= 4 is 46.4 Å². The van der Waals surface area contributed by atoms with E-state index in [0.717, 1.165) is 28.4 Å². The van der Waals surface area contributed by atoms with Gasteiger partial charge in [-0.3, -0.25) is 19.3 Å². The molecule has 0 fully saturated rings. The summed E-state index contributed by atoms with van der Waals surface area (Å²) in [5.41, 5.74) is 4.36. The van der Waals surface area contributed by atoms with Gasteiger partial charge in [-0.2, -0.15) is 0 Å². The molecule has 8 heteroatoms. The van der Waals surface area contributed by atoms with Gasteiger partial charge in [-0.05, 0) is 54.9 Å². The summed E-state index contributed by atoms with van der Waals surface area (Å²) < 4.78 is 0. The van der Waals surface area contributed by atoms with Gasteiger partial charge in [0.2, 0.25) is 5.91 Å². The fourth-order valence-corrected chi connectivity index (χ4v) is 5.46. The molecule has 1 heterocycles. The molecule has 0 saturated heterocycles. The van der Waals surface area contributed by atoms with Gasteiger partial charge in [0.1, 0.15) is 0 Å². The number of nitrogens with zero attached hydrogens (tertiary/aromatic N) is 1. The fraction of sp³-hybridized carbons (Fsp3) is 0.296. The van der Waals surface area contributed by atoms with E-state index in [1.807, 2.05) is 55.6 Å². The van der Waals surface area contributed by atoms with Crippen LogP contribution >= 0.6 is 23.1 Å². The molecule has 0 unspecified atom stereocenters. The van der Waals surface area contributed by atoms with Crippen LogP contribution in [0.15, 0.2) is 60.7 Å². The number of benzene rings is 2. The lowest BCUT2D eigenvalue weighted by molar-refractivity contribution is -0.116. The Bertz CT molecular complexity index is 1160. The lowest BCUT2D eigenvalue weighted by Crippen LogP contribution is -2.29. The van der Waals surface area contributed by atoms with Gasteiger partial charge < -0.3 is 10.6 Å². The molecule has 0 aliphatic carbocycles. The first-order valence-electron chi connectivity index (χ1n) is 11.4. The van der Waals surface area contributed by atoms with E-state index in [9.17, 15) is 14.4 Å². The summed E-state index contributed by atoms with van der Waals surface area (Å²) in [6, 6.07) is 19.7. The lowest BCUT2D eigenvalue weighted by Gasteiger charge is -2.16. The average Bonchev–Trinajstić information content (AvgIpc) is 3.28. The van der Waals surface area contributed by atoms with Gasteiger partial charge in [0.15, 0.2) is 5.78 Å². The number of anilines is 1. The van der Waals surface area contributed by atoms with Gasteiger partial charge >= 0.3 is 0 Å². The molecule has 3 aromatic rings. The Hall–Kier alpha value is -2.94. The molecule has 0 radical (unpaired) electrons. The lowest BCUT2D eigenvalue weighted by atomic mass is 10.1. The SMILES string of the molecule is CC(=O)Nc1ccc(CN(C)Cc2ccc(C(=O)NCC(=O)CSCc3ccccc3C)s2)cc1. The zero-order chi connectivity index (χ0) is 25.2. The molecule has 0 aliphatic rings. The Morgan fingerprint density at radius 2 is 1.71 bits per heavy atom. The van der Waals surface area contributed by atoms with Crippen LogP contribution in [0.4, 0.5) is 5.69 Å². The van der Waals surface area contributed by atoms with Crippen LogP contribution in [-0.4, -0.2) is 41.8 Å². The third-order valence-corrected chi connectivity index (χ3v) is 7.38. The topological polar surface area (TPSA) is 78.5 Å². The van der Waals surface area contributed by atoms with Crippen molar-refractivity contribution in [2.24, 2.45) is 0 Å². The highest BCUT2D eigenvalue weighted by Gasteiger charge is 2.12. The molecule has 2 amide bonds. The third-order valence-electron chi connectivity index (χ3n) is 5.27. The zero-order valence-electron chi connectivity index (χ0n) is 20.3. The monoisotopic (exact) mass is 509 g/mol. The van der Waals surface area contributed by atoms with Crippen LogP contribution in [0.3, 0.4) is 0 Å². The van der Waals surface area contributed by atoms with Crippen molar-refractivity contribution < 1.29 is 14.4 Å². The summed E-state index contributed by atoms with van der Waals surface area (Å²) in [4.78, 5) is 39.7. The van der Waals surface area contributed by atoms with Gasteiger partial charge in [0, 0.05) is 36.3 Å². The Morgan fingerprint density at radius 3 is 2.43 bits per heavy atom. The van der Waals surface area contributed by atoms with Gasteiger partial charge in [0.05, 0.1) is 17.2 Å².